The van der Waals surface area contributed by atoms with Crippen molar-refractivity contribution in [1.29, 1.82) is 0 Å². The van der Waals surface area contributed by atoms with Crippen molar-refractivity contribution in [2.75, 3.05) is 5.32 Å². The van der Waals surface area contributed by atoms with Gasteiger partial charge in [-0.15, -0.1) is 0 Å². The van der Waals surface area contributed by atoms with Gasteiger partial charge in [-0.05, 0) is 42.3 Å². The highest BCUT2D eigenvalue weighted by molar-refractivity contribution is 5.96. The zero-order valence-electron chi connectivity index (χ0n) is 16.0. The predicted molar refractivity (Wildman–Crippen MR) is 114 cm³/mol. The Morgan fingerprint density at radius 1 is 1.00 bits per heavy atom. The molecule has 1 atom stereocenters. The number of hydrogen-bond acceptors (Lipinski definition) is 4. The summed E-state index contributed by atoms with van der Waals surface area (Å²) in [5.74, 6) is -0.0970. The van der Waals surface area contributed by atoms with E-state index in [2.05, 4.69) is 10.3 Å². The SMILES string of the molecule is CCC(C(=O)Nc1cccc(-c2nc3ccccc3c(=O)o2)c1)c1ccccc1. The molecule has 0 saturated carbocycles. The number of anilines is 1. The van der Waals surface area contributed by atoms with Gasteiger partial charge in [0.15, 0.2) is 0 Å². The highest BCUT2D eigenvalue weighted by Gasteiger charge is 2.19. The second-order valence-electron chi connectivity index (χ2n) is 6.77. The average molecular weight is 384 g/mol. The second-order valence-corrected chi connectivity index (χ2v) is 6.77. The van der Waals surface area contributed by atoms with Crippen LogP contribution in [0.3, 0.4) is 0 Å². The summed E-state index contributed by atoms with van der Waals surface area (Å²) in [5.41, 5.74) is 2.36. The molecule has 0 fully saturated rings. The topological polar surface area (TPSA) is 72.2 Å². The summed E-state index contributed by atoms with van der Waals surface area (Å²) in [6.07, 6.45) is 0.691. The molecule has 0 radical (unpaired) electrons. The third-order valence-corrected chi connectivity index (χ3v) is 4.84. The number of nitrogens with one attached hydrogen (secondary N) is 1. The minimum atomic E-state index is -0.435. The molecule has 0 aliphatic carbocycles. The minimum Gasteiger partial charge on any atom is -0.403 e. The van der Waals surface area contributed by atoms with Gasteiger partial charge in [0.05, 0.1) is 16.8 Å². The molecule has 5 nitrogen and oxygen atoms in total. The van der Waals surface area contributed by atoms with Gasteiger partial charge >= 0.3 is 5.63 Å². The van der Waals surface area contributed by atoms with E-state index in [0.29, 0.717) is 28.6 Å². The van der Waals surface area contributed by atoms with E-state index >= 15 is 0 Å². The normalized spacial score (nSPS) is 11.9. The minimum absolute atomic E-state index is 0.0798. The van der Waals surface area contributed by atoms with Crippen LogP contribution in [0.4, 0.5) is 5.69 Å². The van der Waals surface area contributed by atoms with Crippen LogP contribution < -0.4 is 10.9 Å². The van der Waals surface area contributed by atoms with Crippen molar-refractivity contribution in [2.45, 2.75) is 19.3 Å². The van der Waals surface area contributed by atoms with Gasteiger partial charge in [-0.3, -0.25) is 4.79 Å². The number of hydrogen-bond donors (Lipinski definition) is 1. The predicted octanol–water partition coefficient (Wildman–Crippen LogP) is 4.99. The molecular formula is C24H20N2O3. The molecule has 0 bridgehead atoms. The maximum absolute atomic E-state index is 12.8. The quantitative estimate of drug-likeness (QED) is 0.526. The Kier molecular flexibility index (Phi) is 5.20. The molecule has 1 aromatic heterocycles. The van der Waals surface area contributed by atoms with Crippen molar-refractivity contribution in [1.82, 2.24) is 4.98 Å². The Labute approximate surface area is 168 Å². The Morgan fingerprint density at radius 3 is 2.55 bits per heavy atom. The van der Waals surface area contributed by atoms with Crippen LogP contribution in [-0.4, -0.2) is 10.9 Å². The molecule has 0 aliphatic rings. The molecule has 1 unspecified atom stereocenters. The average Bonchev–Trinajstić information content (AvgIpc) is 2.75. The zero-order valence-corrected chi connectivity index (χ0v) is 16.0. The van der Waals surface area contributed by atoms with Crippen LogP contribution in [0.15, 0.2) is 88.1 Å². The number of amides is 1. The van der Waals surface area contributed by atoms with E-state index in [-0.39, 0.29) is 17.7 Å². The van der Waals surface area contributed by atoms with Gasteiger partial charge in [0, 0.05) is 11.3 Å². The maximum atomic E-state index is 12.8. The van der Waals surface area contributed by atoms with Crippen LogP contribution in [0.2, 0.25) is 0 Å². The first-order valence-corrected chi connectivity index (χ1v) is 9.52. The van der Waals surface area contributed by atoms with Gasteiger partial charge in [-0.2, -0.15) is 0 Å². The van der Waals surface area contributed by atoms with E-state index in [1.54, 1.807) is 42.5 Å². The number of fused-ring (bicyclic) bond motifs is 1. The summed E-state index contributed by atoms with van der Waals surface area (Å²) in [7, 11) is 0. The van der Waals surface area contributed by atoms with Crippen LogP contribution in [0.5, 0.6) is 0 Å². The van der Waals surface area contributed by atoms with Gasteiger partial charge in [0.25, 0.3) is 0 Å². The number of para-hydroxylation sites is 1. The fourth-order valence-electron chi connectivity index (χ4n) is 3.36. The number of benzene rings is 3. The first-order valence-electron chi connectivity index (χ1n) is 9.52. The van der Waals surface area contributed by atoms with Crippen LogP contribution >= 0.6 is 0 Å². The fourth-order valence-corrected chi connectivity index (χ4v) is 3.36. The van der Waals surface area contributed by atoms with Gasteiger partial charge in [0.1, 0.15) is 0 Å². The summed E-state index contributed by atoms with van der Waals surface area (Å²) < 4.78 is 5.40. The molecule has 0 aliphatic heterocycles. The number of carbonyl (C=O) groups excluding carboxylic acids is 1. The van der Waals surface area contributed by atoms with Crippen molar-refractivity contribution >= 4 is 22.5 Å². The Hall–Kier alpha value is -3.73. The molecule has 4 aromatic rings. The Balaban J connectivity index is 1.62. The zero-order chi connectivity index (χ0) is 20.2. The van der Waals surface area contributed by atoms with E-state index in [4.69, 9.17) is 4.42 Å². The van der Waals surface area contributed by atoms with Crippen LogP contribution in [0, 0.1) is 0 Å². The summed E-state index contributed by atoms with van der Waals surface area (Å²) in [4.78, 5) is 29.5. The molecular weight excluding hydrogens is 364 g/mol. The van der Waals surface area contributed by atoms with Crippen LogP contribution in [-0.2, 0) is 4.79 Å². The number of aromatic nitrogens is 1. The lowest BCUT2D eigenvalue weighted by atomic mass is 9.95. The molecule has 1 heterocycles. The van der Waals surface area contributed by atoms with Crippen molar-refractivity contribution in [3.05, 3.63) is 94.8 Å². The van der Waals surface area contributed by atoms with E-state index in [1.165, 1.54) is 0 Å². The van der Waals surface area contributed by atoms with Crippen molar-refractivity contribution in [3.8, 4) is 11.5 Å². The van der Waals surface area contributed by atoms with Gasteiger partial charge < -0.3 is 9.73 Å². The lowest BCUT2D eigenvalue weighted by Gasteiger charge is -2.15. The van der Waals surface area contributed by atoms with Crippen molar-refractivity contribution < 1.29 is 9.21 Å². The maximum Gasteiger partial charge on any atom is 0.347 e. The first-order chi connectivity index (χ1) is 14.2. The number of carbonyl (C=O) groups is 1. The first kappa shape index (κ1) is 18.6. The largest absolute Gasteiger partial charge is 0.403 e. The Bertz CT molecular complexity index is 1220. The van der Waals surface area contributed by atoms with Crippen LogP contribution in [0.1, 0.15) is 24.8 Å². The van der Waals surface area contributed by atoms with E-state index in [9.17, 15) is 9.59 Å². The lowest BCUT2D eigenvalue weighted by molar-refractivity contribution is -0.117. The lowest BCUT2D eigenvalue weighted by Crippen LogP contribution is -2.20. The molecule has 0 spiro atoms. The molecule has 1 amide bonds. The third kappa shape index (κ3) is 3.94. The van der Waals surface area contributed by atoms with E-state index < -0.39 is 5.63 Å². The molecule has 4 rings (SSSR count). The summed E-state index contributed by atoms with van der Waals surface area (Å²) in [6.45, 7) is 1.99. The molecule has 5 heteroatoms. The van der Waals surface area contributed by atoms with Gasteiger partial charge in [-0.25, -0.2) is 9.78 Å². The van der Waals surface area contributed by atoms with Gasteiger partial charge in [0.2, 0.25) is 11.8 Å². The smallest absolute Gasteiger partial charge is 0.347 e. The third-order valence-electron chi connectivity index (χ3n) is 4.84. The molecule has 29 heavy (non-hydrogen) atoms. The fraction of sp³-hybridized carbons (Fsp3) is 0.125. The Morgan fingerprint density at radius 2 is 1.76 bits per heavy atom. The van der Waals surface area contributed by atoms with Crippen LogP contribution in [0.25, 0.3) is 22.4 Å². The summed E-state index contributed by atoms with van der Waals surface area (Å²) >= 11 is 0. The monoisotopic (exact) mass is 384 g/mol. The van der Waals surface area contributed by atoms with Crippen molar-refractivity contribution in [2.24, 2.45) is 0 Å². The van der Waals surface area contributed by atoms with Crippen molar-refractivity contribution in [3.63, 3.8) is 0 Å². The van der Waals surface area contributed by atoms with E-state index in [1.807, 2.05) is 43.3 Å². The molecule has 0 saturated heterocycles. The highest BCUT2D eigenvalue weighted by Crippen LogP contribution is 2.25. The molecule has 144 valence electrons. The standard InChI is InChI=1S/C24H20N2O3/c1-2-19(16-9-4-3-5-10-16)22(27)25-18-12-8-11-17(15-18)23-26-21-14-7-6-13-20(21)24(28)29-23/h3-15,19H,2H2,1H3,(H,25,27). The molecule has 3 aromatic carbocycles. The summed E-state index contributed by atoms with van der Waals surface area (Å²) in [5, 5.41) is 3.41. The summed E-state index contributed by atoms with van der Waals surface area (Å²) in [6, 6.07) is 23.9. The van der Waals surface area contributed by atoms with Gasteiger partial charge in [-0.1, -0.05) is 55.5 Å². The second kappa shape index (κ2) is 8.10. The number of nitrogens with zero attached hydrogens (tertiary/aromatic N) is 1. The molecule has 1 N–H and O–H groups in total. The van der Waals surface area contributed by atoms with E-state index in [0.717, 1.165) is 5.56 Å². The number of rotatable bonds is 5. The highest BCUT2D eigenvalue weighted by atomic mass is 16.4.